The monoisotopic (exact) mass is 591 g/mol. The summed E-state index contributed by atoms with van der Waals surface area (Å²) in [6.07, 6.45) is 1.98. The normalized spacial score (nSPS) is 18.9. The Morgan fingerprint density at radius 2 is 1.85 bits per heavy atom. The molecule has 216 valence electrons. The summed E-state index contributed by atoms with van der Waals surface area (Å²) in [5, 5.41) is 9.74. The molecule has 0 fully saturated rings. The van der Waals surface area contributed by atoms with E-state index in [1.807, 2.05) is 0 Å². The van der Waals surface area contributed by atoms with Crippen molar-refractivity contribution in [2.75, 3.05) is 31.5 Å². The van der Waals surface area contributed by atoms with Crippen LogP contribution in [0, 0.1) is 5.92 Å². The average Bonchev–Trinajstić information content (AvgIpc) is 3.38. The quantitative estimate of drug-likeness (QED) is 0.382. The molecule has 3 atom stereocenters. The molecule has 0 spiro atoms. The van der Waals surface area contributed by atoms with Gasteiger partial charge in [0, 0.05) is 32.8 Å². The van der Waals surface area contributed by atoms with Crippen molar-refractivity contribution < 1.29 is 31.5 Å². The van der Waals surface area contributed by atoms with E-state index >= 15 is 0 Å². The van der Waals surface area contributed by atoms with Gasteiger partial charge in [-0.2, -0.15) is 4.31 Å². The number of sulfonamides is 2. The third-order valence-electron chi connectivity index (χ3n) is 6.78. The predicted molar refractivity (Wildman–Crippen MR) is 148 cm³/mol. The highest BCUT2D eigenvalue weighted by Gasteiger charge is 2.37. The minimum Gasteiger partial charge on any atom is -0.486 e. The summed E-state index contributed by atoms with van der Waals surface area (Å²) in [7, 11) is -4.95. The van der Waals surface area contributed by atoms with Crippen LogP contribution in [0.4, 0.5) is 5.69 Å². The summed E-state index contributed by atoms with van der Waals surface area (Å²) >= 11 is 0. The summed E-state index contributed by atoms with van der Waals surface area (Å²) < 4.78 is 64.3. The molecule has 1 amide bonds. The molecule has 1 aliphatic heterocycles. The van der Waals surface area contributed by atoms with Crippen molar-refractivity contribution in [2.24, 2.45) is 13.0 Å². The van der Waals surface area contributed by atoms with Crippen molar-refractivity contribution in [3.8, 4) is 5.75 Å². The molecule has 4 rings (SSSR count). The van der Waals surface area contributed by atoms with Crippen LogP contribution in [-0.4, -0.2) is 85.5 Å². The van der Waals surface area contributed by atoms with Crippen molar-refractivity contribution in [1.29, 1.82) is 0 Å². The summed E-state index contributed by atoms with van der Waals surface area (Å²) in [4.78, 5) is 19.1. The largest absolute Gasteiger partial charge is 0.486 e. The van der Waals surface area contributed by atoms with Gasteiger partial charge in [-0.15, -0.1) is 0 Å². The molecule has 0 saturated heterocycles. The Morgan fingerprint density at radius 1 is 1.15 bits per heavy atom. The molecule has 0 saturated carbocycles. The molecule has 1 aromatic heterocycles. The average molecular weight is 592 g/mol. The zero-order chi connectivity index (χ0) is 29.2. The molecule has 0 bridgehead atoms. The van der Waals surface area contributed by atoms with E-state index in [0.717, 1.165) is 4.31 Å². The van der Waals surface area contributed by atoms with Crippen LogP contribution >= 0.6 is 0 Å². The number of carbonyl (C=O) groups is 1. The molecule has 3 aromatic rings. The summed E-state index contributed by atoms with van der Waals surface area (Å²) in [6, 6.07) is 11.7. The molecule has 0 radical (unpaired) electrons. The maximum atomic E-state index is 13.6. The van der Waals surface area contributed by atoms with Gasteiger partial charge in [0.2, 0.25) is 0 Å². The standard InChI is InChI=1S/C26H33N5O7S2/c1-18-13-31(19(2)16-32)26(33)21-11-8-12-22(28-39(34,35)20-9-6-5-7-10-20)25(21)38-23(18)14-30(4)40(36,37)24-15-29(3)17-27-24/h5-12,15,17-19,23,28,32H,13-14,16H2,1-4H3/t18-,19-,23-/m1/s1. The smallest absolute Gasteiger partial charge is 0.262 e. The van der Waals surface area contributed by atoms with Crippen LogP contribution in [0.1, 0.15) is 24.2 Å². The van der Waals surface area contributed by atoms with E-state index in [-0.39, 0.29) is 46.6 Å². The Labute approximate surface area is 234 Å². The SMILES string of the molecule is C[C@@H]1CN([C@H](C)CO)C(=O)c2cccc(NS(=O)(=O)c3ccccc3)c2O[C@@H]1CN(C)S(=O)(=O)c1cn(C)cn1. The Hall–Kier alpha value is -3.46. The number of aliphatic hydroxyl groups is 1. The molecule has 2 heterocycles. The third kappa shape index (κ3) is 5.99. The van der Waals surface area contributed by atoms with E-state index in [4.69, 9.17) is 4.74 Å². The molecular formula is C26H33N5O7S2. The number of anilines is 1. The number of aliphatic hydroxyl groups excluding tert-OH is 1. The third-order valence-corrected chi connectivity index (χ3v) is 9.87. The first kappa shape index (κ1) is 29.5. The first-order valence-electron chi connectivity index (χ1n) is 12.6. The molecular weight excluding hydrogens is 558 g/mol. The summed E-state index contributed by atoms with van der Waals surface area (Å²) in [5.41, 5.74) is 0.112. The number of likely N-dealkylation sites (N-methyl/N-ethyl adjacent to an activating group) is 1. The zero-order valence-electron chi connectivity index (χ0n) is 22.6. The predicted octanol–water partition coefficient (Wildman–Crippen LogP) is 1.76. The number of hydrogen-bond acceptors (Lipinski definition) is 8. The molecule has 0 aliphatic carbocycles. The number of imidazole rings is 1. The molecule has 2 aromatic carbocycles. The van der Waals surface area contributed by atoms with E-state index in [1.54, 1.807) is 39.1 Å². The minimum absolute atomic E-state index is 0.0198. The van der Waals surface area contributed by atoms with Gasteiger partial charge < -0.3 is 19.3 Å². The maximum Gasteiger partial charge on any atom is 0.262 e. The van der Waals surface area contributed by atoms with Gasteiger partial charge in [0.05, 0.1) is 41.7 Å². The Balaban J connectivity index is 1.76. The second-order valence-corrected chi connectivity index (χ2v) is 13.6. The van der Waals surface area contributed by atoms with Gasteiger partial charge in [-0.1, -0.05) is 31.2 Å². The number of amides is 1. The highest BCUT2D eigenvalue weighted by Crippen LogP contribution is 2.36. The second kappa shape index (κ2) is 11.6. The van der Waals surface area contributed by atoms with E-state index in [9.17, 15) is 26.7 Å². The molecule has 40 heavy (non-hydrogen) atoms. The van der Waals surface area contributed by atoms with Gasteiger partial charge >= 0.3 is 0 Å². The lowest BCUT2D eigenvalue weighted by Gasteiger charge is -2.38. The number of nitrogens with zero attached hydrogens (tertiary/aromatic N) is 4. The van der Waals surface area contributed by atoms with Crippen molar-refractivity contribution in [2.45, 2.75) is 35.9 Å². The van der Waals surface area contributed by atoms with Gasteiger partial charge in [-0.05, 0) is 31.2 Å². The number of fused-ring (bicyclic) bond motifs is 1. The first-order valence-corrected chi connectivity index (χ1v) is 15.5. The van der Waals surface area contributed by atoms with Crippen molar-refractivity contribution in [3.05, 3.63) is 66.6 Å². The van der Waals surface area contributed by atoms with Crippen LogP contribution in [-0.2, 0) is 27.1 Å². The number of benzene rings is 2. The Bertz CT molecular complexity index is 1580. The van der Waals surface area contributed by atoms with Crippen LogP contribution in [0.2, 0.25) is 0 Å². The molecule has 14 heteroatoms. The fourth-order valence-electron chi connectivity index (χ4n) is 4.38. The van der Waals surface area contributed by atoms with Crippen molar-refractivity contribution >= 4 is 31.6 Å². The van der Waals surface area contributed by atoms with Gasteiger partial charge in [-0.25, -0.2) is 21.8 Å². The van der Waals surface area contributed by atoms with Crippen LogP contribution in [0.5, 0.6) is 5.75 Å². The van der Waals surface area contributed by atoms with E-state index < -0.39 is 44.0 Å². The number of ether oxygens (including phenoxy) is 1. The molecule has 0 unspecified atom stereocenters. The summed E-state index contributed by atoms with van der Waals surface area (Å²) in [5.74, 6) is -0.884. The lowest BCUT2D eigenvalue weighted by Crippen LogP contribution is -2.50. The lowest BCUT2D eigenvalue weighted by atomic mass is 9.99. The van der Waals surface area contributed by atoms with Crippen LogP contribution in [0.25, 0.3) is 0 Å². The van der Waals surface area contributed by atoms with E-state index in [1.165, 1.54) is 59.4 Å². The van der Waals surface area contributed by atoms with Gasteiger partial charge in [-0.3, -0.25) is 9.52 Å². The number of aromatic nitrogens is 2. The molecule has 12 nitrogen and oxygen atoms in total. The van der Waals surface area contributed by atoms with Gasteiger partial charge in [0.1, 0.15) is 6.10 Å². The number of aryl methyl sites for hydroxylation is 1. The lowest BCUT2D eigenvalue weighted by molar-refractivity contribution is 0.0389. The minimum atomic E-state index is -4.04. The van der Waals surface area contributed by atoms with Crippen LogP contribution < -0.4 is 9.46 Å². The highest BCUT2D eigenvalue weighted by molar-refractivity contribution is 7.92. The van der Waals surface area contributed by atoms with Gasteiger partial charge in [0.15, 0.2) is 10.8 Å². The van der Waals surface area contributed by atoms with E-state index in [0.29, 0.717) is 0 Å². The Kier molecular flexibility index (Phi) is 8.54. The number of nitrogens with one attached hydrogen (secondary N) is 1. The highest BCUT2D eigenvalue weighted by atomic mass is 32.2. The van der Waals surface area contributed by atoms with Crippen molar-refractivity contribution in [3.63, 3.8) is 0 Å². The summed E-state index contributed by atoms with van der Waals surface area (Å²) in [6.45, 7) is 3.25. The topological polar surface area (TPSA) is 151 Å². The van der Waals surface area contributed by atoms with Crippen LogP contribution in [0.3, 0.4) is 0 Å². The number of carbonyl (C=O) groups excluding carboxylic acids is 1. The number of rotatable bonds is 9. The number of para-hydroxylation sites is 1. The van der Waals surface area contributed by atoms with Crippen molar-refractivity contribution in [1.82, 2.24) is 18.8 Å². The fraction of sp³-hybridized carbons (Fsp3) is 0.385. The second-order valence-electron chi connectivity index (χ2n) is 9.89. The molecule has 2 N–H and O–H groups in total. The zero-order valence-corrected chi connectivity index (χ0v) is 24.3. The number of hydrogen-bond donors (Lipinski definition) is 2. The fourth-order valence-corrected chi connectivity index (χ4v) is 6.60. The molecule has 1 aliphatic rings. The van der Waals surface area contributed by atoms with Crippen LogP contribution in [0.15, 0.2) is 71.0 Å². The van der Waals surface area contributed by atoms with Gasteiger partial charge in [0.25, 0.3) is 26.0 Å². The maximum absolute atomic E-state index is 13.6. The Morgan fingerprint density at radius 3 is 2.48 bits per heavy atom. The first-order chi connectivity index (χ1) is 18.8. The van der Waals surface area contributed by atoms with E-state index in [2.05, 4.69) is 9.71 Å².